The summed E-state index contributed by atoms with van der Waals surface area (Å²) in [5.41, 5.74) is 2.81. The summed E-state index contributed by atoms with van der Waals surface area (Å²) in [6.45, 7) is 4.90. The van der Waals surface area contributed by atoms with Crippen molar-refractivity contribution in [3.63, 3.8) is 0 Å². The number of hydrogen-bond acceptors (Lipinski definition) is 4. The number of nitrogens with zero attached hydrogens (tertiary/aromatic N) is 1. The van der Waals surface area contributed by atoms with Gasteiger partial charge in [0.1, 0.15) is 5.75 Å². The summed E-state index contributed by atoms with van der Waals surface area (Å²) >= 11 is 4.42. The van der Waals surface area contributed by atoms with Crippen molar-refractivity contribution in [3.8, 4) is 5.75 Å². The molecule has 0 aromatic heterocycles. The van der Waals surface area contributed by atoms with Crippen molar-refractivity contribution in [2.24, 2.45) is 0 Å². The summed E-state index contributed by atoms with van der Waals surface area (Å²) in [7, 11) is 0. The average Bonchev–Trinajstić information content (AvgIpc) is 2.89. The molecule has 0 atom stereocenters. The molecule has 0 unspecified atom stereocenters. The molecule has 0 spiro atoms. The van der Waals surface area contributed by atoms with Gasteiger partial charge >= 0.3 is 0 Å². The van der Waals surface area contributed by atoms with Gasteiger partial charge in [0.25, 0.3) is 11.1 Å². The van der Waals surface area contributed by atoms with Gasteiger partial charge in [0.15, 0.2) is 0 Å². The first kappa shape index (κ1) is 19.7. The first-order valence-electron chi connectivity index (χ1n) is 8.71. The van der Waals surface area contributed by atoms with Crippen molar-refractivity contribution < 1.29 is 14.3 Å². The van der Waals surface area contributed by atoms with E-state index in [1.54, 1.807) is 6.08 Å². The maximum absolute atomic E-state index is 12.8. The molecule has 1 fully saturated rings. The van der Waals surface area contributed by atoms with E-state index in [2.05, 4.69) is 15.9 Å². The van der Waals surface area contributed by atoms with E-state index < -0.39 is 0 Å². The Balaban J connectivity index is 1.85. The molecule has 0 aliphatic carbocycles. The number of thioether (sulfide) groups is 1. The second kappa shape index (κ2) is 8.76. The first-order chi connectivity index (χ1) is 13.0. The summed E-state index contributed by atoms with van der Waals surface area (Å²) in [6.07, 6.45) is 2.62. The van der Waals surface area contributed by atoms with Gasteiger partial charge in [-0.1, -0.05) is 52.7 Å². The Kier molecular flexibility index (Phi) is 6.39. The number of hydrogen-bond donors (Lipinski definition) is 0. The van der Waals surface area contributed by atoms with Gasteiger partial charge in [0.2, 0.25) is 0 Å². The van der Waals surface area contributed by atoms with Crippen molar-refractivity contribution in [1.82, 2.24) is 4.90 Å². The number of aryl methyl sites for hydroxylation is 1. The molecule has 0 radical (unpaired) electrons. The summed E-state index contributed by atoms with van der Waals surface area (Å²) in [4.78, 5) is 26.9. The molecule has 27 heavy (non-hydrogen) atoms. The number of rotatable bonds is 6. The van der Waals surface area contributed by atoms with Crippen molar-refractivity contribution in [1.29, 1.82) is 0 Å². The Bertz CT molecular complexity index is 910. The van der Waals surface area contributed by atoms with E-state index in [1.165, 1.54) is 4.90 Å². The third kappa shape index (κ3) is 4.82. The Morgan fingerprint density at radius 3 is 2.74 bits per heavy atom. The van der Waals surface area contributed by atoms with Gasteiger partial charge in [-0.15, -0.1) is 0 Å². The Morgan fingerprint density at radius 1 is 1.19 bits per heavy atom. The fourth-order valence-electron chi connectivity index (χ4n) is 2.75. The standard InChI is InChI=1S/C21H20BrNO3S/c1-3-9-26-18-8-7-17(22)11-16(18)12-19-20(24)23(21(25)27-19)13-15-6-4-5-14(2)10-15/h4-8,10-12H,3,9,13H2,1-2H3/b19-12-. The highest BCUT2D eigenvalue weighted by atomic mass is 79.9. The lowest BCUT2D eigenvalue weighted by molar-refractivity contribution is -0.123. The zero-order valence-corrected chi connectivity index (χ0v) is 17.6. The molecule has 0 bridgehead atoms. The van der Waals surface area contributed by atoms with Crippen LogP contribution in [0, 0.1) is 6.92 Å². The molecule has 0 saturated carbocycles. The van der Waals surface area contributed by atoms with Gasteiger partial charge < -0.3 is 4.74 Å². The number of imide groups is 1. The zero-order valence-electron chi connectivity index (χ0n) is 15.2. The van der Waals surface area contributed by atoms with E-state index in [9.17, 15) is 9.59 Å². The third-order valence-corrected chi connectivity index (χ3v) is 5.42. The maximum atomic E-state index is 12.8. The Morgan fingerprint density at radius 2 is 2.00 bits per heavy atom. The number of carbonyl (C=O) groups is 2. The van der Waals surface area contributed by atoms with Crippen molar-refractivity contribution in [2.45, 2.75) is 26.8 Å². The summed E-state index contributed by atoms with van der Waals surface area (Å²) in [6, 6.07) is 13.5. The van der Waals surface area contributed by atoms with E-state index in [4.69, 9.17) is 4.74 Å². The van der Waals surface area contributed by atoms with Crippen LogP contribution < -0.4 is 4.74 Å². The second-order valence-corrected chi connectivity index (χ2v) is 8.20. The van der Waals surface area contributed by atoms with Crippen LogP contribution >= 0.6 is 27.7 Å². The Labute approximate surface area is 171 Å². The van der Waals surface area contributed by atoms with Crippen LogP contribution in [0.15, 0.2) is 51.8 Å². The number of carbonyl (C=O) groups excluding carboxylic acids is 2. The molecule has 0 N–H and O–H groups in total. The van der Waals surface area contributed by atoms with Gasteiger partial charge in [-0.25, -0.2) is 0 Å². The first-order valence-corrected chi connectivity index (χ1v) is 10.3. The topological polar surface area (TPSA) is 46.6 Å². The van der Waals surface area contributed by atoms with Crippen LogP contribution in [0.25, 0.3) is 6.08 Å². The van der Waals surface area contributed by atoms with Crippen molar-refractivity contribution in [2.75, 3.05) is 6.61 Å². The van der Waals surface area contributed by atoms with Gasteiger partial charge in [-0.3, -0.25) is 14.5 Å². The maximum Gasteiger partial charge on any atom is 0.293 e. The van der Waals surface area contributed by atoms with Crippen molar-refractivity contribution >= 4 is 44.9 Å². The number of amides is 2. The van der Waals surface area contributed by atoms with Crippen LogP contribution in [-0.4, -0.2) is 22.7 Å². The fourth-order valence-corrected chi connectivity index (χ4v) is 3.95. The summed E-state index contributed by atoms with van der Waals surface area (Å²) < 4.78 is 6.65. The molecule has 1 aliphatic rings. The number of ether oxygens (including phenoxy) is 1. The quantitative estimate of drug-likeness (QED) is 0.528. The number of halogens is 1. The molecule has 3 rings (SSSR count). The largest absolute Gasteiger partial charge is 0.493 e. The minimum absolute atomic E-state index is 0.251. The molecule has 2 aromatic rings. The van der Waals surface area contributed by atoms with Crippen LogP contribution in [0.1, 0.15) is 30.0 Å². The van der Waals surface area contributed by atoms with Crippen LogP contribution in [0.2, 0.25) is 0 Å². The van der Waals surface area contributed by atoms with Crippen LogP contribution in [-0.2, 0) is 11.3 Å². The normalized spacial score (nSPS) is 15.7. The van der Waals surface area contributed by atoms with Gasteiger partial charge in [-0.2, -0.15) is 0 Å². The highest BCUT2D eigenvalue weighted by Crippen LogP contribution is 2.35. The molecule has 1 aliphatic heterocycles. The van der Waals surface area contributed by atoms with Crippen molar-refractivity contribution in [3.05, 3.63) is 68.5 Å². The minimum Gasteiger partial charge on any atom is -0.493 e. The lowest BCUT2D eigenvalue weighted by Gasteiger charge is -2.13. The third-order valence-electron chi connectivity index (χ3n) is 4.02. The molecule has 140 valence electrons. The predicted molar refractivity (Wildman–Crippen MR) is 113 cm³/mol. The lowest BCUT2D eigenvalue weighted by atomic mass is 10.1. The number of benzene rings is 2. The Hall–Kier alpha value is -2.05. The van der Waals surface area contributed by atoms with Gasteiger partial charge in [0.05, 0.1) is 18.1 Å². The van der Waals surface area contributed by atoms with Crippen LogP contribution in [0.3, 0.4) is 0 Å². The van der Waals surface area contributed by atoms with E-state index in [0.717, 1.165) is 39.3 Å². The highest BCUT2D eigenvalue weighted by Gasteiger charge is 2.35. The molecule has 6 heteroatoms. The van der Waals surface area contributed by atoms with E-state index in [1.807, 2.05) is 56.3 Å². The van der Waals surface area contributed by atoms with E-state index in [-0.39, 0.29) is 17.7 Å². The van der Waals surface area contributed by atoms with Gasteiger partial charge in [-0.05, 0) is 54.9 Å². The summed E-state index contributed by atoms with van der Waals surface area (Å²) in [5, 5.41) is -0.251. The zero-order chi connectivity index (χ0) is 19.4. The molecule has 1 saturated heterocycles. The monoisotopic (exact) mass is 445 g/mol. The fraction of sp³-hybridized carbons (Fsp3) is 0.238. The van der Waals surface area contributed by atoms with E-state index >= 15 is 0 Å². The SMILES string of the molecule is CCCOc1ccc(Br)cc1/C=C1\SC(=O)N(Cc2cccc(C)c2)C1=O. The molecular formula is C21H20BrNO3S. The lowest BCUT2D eigenvalue weighted by Crippen LogP contribution is -2.27. The van der Waals surface area contributed by atoms with Gasteiger partial charge in [0, 0.05) is 10.0 Å². The minimum atomic E-state index is -0.270. The average molecular weight is 446 g/mol. The smallest absolute Gasteiger partial charge is 0.293 e. The molecular weight excluding hydrogens is 426 g/mol. The van der Waals surface area contributed by atoms with E-state index in [0.29, 0.717) is 17.3 Å². The second-order valence-electron chi connectivity index (χ2n) is 6.29. The van der Waals surface area contributed by atoms with Crippen LogP contribution in [0.5, 0.6) is 5.75 Å². The molecule has 2 amide bonds. The molecule has 4 nitrogen and oxygen atoms in total. The summed E-state index contributed by atoms with van der Waals surface area (Å²) in [5.74, 6) is 0.429. The highest BCUT2D eigenvalue weighted by molar-refractivity contribution is 9.10. The molecule has 1 heterocycles. The predicted octanol–water partition coefficient (Wildman–Crippen LogP) is 5.78. The van der Waals surface area contributed by atoms with Crippen LogP contribution in [0.4, 0.5) is 4.79 Å². The molecule has 2 aromatic carbocycles.